The van der Waals surface area contributed by atoms with E-state index in [1.54, 1.807) is 0 Å². The van der Waals surface area contributed by atoms with Gasteiger partial charge in [0.05, 0.1) is 6.10 Å². The highest BCUT2D eigenvalue weighted by Gasteiger charge is 2.33. The zero-order valence-electron chi connectivity index (χ0n) is 10.5. The summed E-state index contributed by atoms with van der Waals surface area (Å²) >= 11 is 0. The highest BCUT2D eigenvalue weighted by Crippen LogP contribution is 2.23. The van der Waals surface area contributed by atoms with Crippen LogP contribution in [0.2, 0.25) is 0 Å². The fourth-order valence-corrected chi connectivity index (χ4v) is 2.04. The Morgan fingerprint density at radius 3 is 2.36 bits per heavy atom. The number of hydrogen-bond acceptors (Lipinski definition) is 2. The van der Waals surface area contributed by atoms with Crippen molar-refractivity contribution in [1.82, 2.24) is 5.32 Å². The van der Waals surface area contributed by atoms with Crippen molar-refractivity contribution in [1.29, 1.82) is 0 Å². The number of fused-ring (bicyclic) bond motifs is 1. The zero-order chi connectivity index (χ0) is 11.0. The van der Waals surface area contributed by atoms with Gasteiger partial charge in [-0.15, -0.1) is 0 Å². The number of ether oxygens (including phenoxy) is 1. The largest absolute Gasteiger partial charge is 0.377 e. The van der Waals surface area contributed by atoms with E-state index in [-0.39, 0.29) is 0 Å². The molecular weight excluding hydrogens is 174 g/mol. The first-order valence-electron chi connectivity index (χ1n) is 6.24. The van der Waals surface area contributed by atoms with Gasteiger partial charge in [0.1, 0.15) is 0 Å². The molecule has 0 bridgehead atoms. The number of hydrogen-bond donors (Lipinski definition) is 1. The Morgan fingerprint density at radius 1 is 1.14 bits per heavy atom. The summed E-state index contributed by atoms with van der Waals surface area (Å²) in [5.41, 5.74) is 0. The monoisotopic (exact) mass is 201 g/mol. The van der Waals surface area contributed by atoms with E-state index in [0.717, 1.165) is 6.61 Å². The minimum atomic E-state index is 0.531. The lowest BCUT2D eigenvalue weighted by Crippen LogP contribution is -2.37. The van der Waals surface area contributed by atoms with Gasteiger partial charge in [-0.3, -0.25) is 0 Å². The number of rotatable bonds is 0. The van der Waals surface area contributed by atoms with E-state index in [2.05, 4.69) is 12.2 Å². The van der Waals surface area contributed by atoms with Crippen LogP contribution in [-0.4, -0.2) is 24.8 Å². The summed E-state index contributed by atoms with van der Waals surface area (Å²) in [5, 5.41) is 3.53. The van der Waals surface area contributed by atoms with E-state index < -0.39 is 0 Å². The predicted octanol–water partition coefficient (Wildman–Crippen LogP) is 2.97. The maximum absolute atomic E-state index is 5.61. The van der Waals surface area contributed by atoms with Gasteiger partial charge in [-0.2, -0.15) is 0 Å². The molecule has 0 saturated carbocycles. The van der Waals surface area contributed by atoms with Crippen molar-refractivity contribution in [3.63, 3.8) is 0 Å². The fraction of sp³-hybridized carbons (Fsp3) is 1.00. The Kier molecular flexibility index (Phi) is 8.20. The maximum atomic E-state index is 5.61. The van der Waals surface area contributed by atoms with E-state index in [1.807, 2.05) is 27.7 Å². The first kappa shape index (κ1) is 13.9. The molecular formula is C12H27NO. The molecule has 0 aromatic rings. The molecule has 0 amide bonds. The van der Waals surface area contributed by atoms with E-state index in [4.69, 9.17) is 4.74 Å². The quantitative estimate of drug-likeness (QED) is 0.650. The van der Waals surface area contributed by atoms with Crippen LogP contribution in [0.15, 0.2) is 0 Å². The first-order chi connectivity index (χ1) is 6.86. The second-order valence-corrected chi connectivity index (χ2v) is 3.46. The van der Waals surface area contributed by atoms with Crippen LogP contribution in [0.3, 0.4) is 0 Å². The summed E-state index contributed by atoms with van der Waals surface area (Å²) in [7, 11) is 0. The van der Waals surface area contributed by atoms with Crippen molar-refractivity contribution >= 4 is 0 Å². The molecule has 0 radical (unpaired) electrons. The van der Waals surface area contributed by atoms with Gasteiger partial charge in [-0.1, -0.05) is 27.7 Å². The van der Waals surface area contributed by atoms with Gasteiger partial charge in [0.2, 0.25) is 0 Å². The molecule has 3 unspecified atom stereocenters. The molecule has 1 N–H and O–H groups in total. The van der Waals surface area contributed by atoms with Crippen LogP contribution in [0.25, 0.3) is 0 Å². The standard InChI is InChI=1S/C8H15NO.2C2H6/c1-6-5-8-7(9-6)3-2-4-10-8;2*1-2/h6-9H,2-5H2,1H3;2*1-2H3. The Balaban J connectivity index is 0.000000379. The molecule has 2 heteroatoms. The van der Waals surface area contributed by atoms with Crippen molar-refractivity contribution < 1.29 is 4.74 Å². The van der Waals surface area contributed by atoms with Crippen LogP contribution in [-0.2, 0) is 4.74 Å². The summed E-state index contributed by atoms with van der Waals surface area (Å²) in [5.74, 6) is 0. The molecule has 0 spiro atoms. The predicted molar refractivity (Wildman–Crippen MR) is 62.7 cm³/mol. The molecule has 3 atom stereocenters. The SMILES string of the molecule is CC.CC.CC1CC2OCCCC2N1. The van der Waals surface area contributed by atoms with E-state index in [1.165, 1.54) is 19.3 Å². The molecule has 2 aliphatic rings. The van der Waals surface area contributed by atoms with Crippen LogP contribution in [0.4, 0.5) is 0 Å². The van der Waals surface area contributed by atoms with Crippen LogP contribution < -0.4 is 5.32 Å². The van der Waals surface area contributed by atoms with Gasteiger partial charge in [0.15, 0.2) is 0 Å². The van der Waals surface area contributed by atoms with Crippen LogP contribution >= 0.6 is 0 Å². The molecule has 86 valence electrons. The van der Waals surface area contributed by atoms with Gasteiger partial charge < -0.3 is 10.1 Å². The lowest BCUT2D eigenvalue weighted by atomic mass is 10.0. The topological polar surface area (TPSA) is 21.3 Å². The lowest BCUT2D eigenvalue weighted by Gasteiger charge is -2.24. The van der Waals surface area contributed by atoms with Gasteiger partial charge in [0.25, 0.3) is 0 Å². The summed E-state index contributed by atoms with van der Waals surface area (Å²) in [6.07, 6.45) is 4.30. The highest BCUT2D eigenvalue weighted by molar-refractivity contribution is 4.91. The third-order valence-corrected chi connectivity index (χ3v) is 2.52. The van der Waals surface area contributed by atoms with Crippen LogP contribution in [0.1, 0.15) is 53.9 Å². The average Bonchev–Trinajstić information content (AvgIpc) is 2.64. The fourth-order valence-electron chi connectivity index (χ4n) is 2.04. The van der Waals surface area contributed by atoms with Gasteiger partial charge in [-0.05, 0) is 26.2 Å². The molecule has 2 aliphatic heterocycles. The second kappa shape index (κ2) is 8.25. The van der Waals surface area contributed by atoms with Crippen LogP contribution in [0, 0.1) is 0 Å². The molecule has 2 fully saturated rings. The zero-order valence-corrected chi connectivity index (χ0v) is 10.5. The van der Waals surface area contributed by atoms with Crippen molar-refractivity contribution in [2.45, 2.75) is 72.1 Å². The Labute approximate surface area is 89.4 Å². The molecule has 0 aliphatic carbocycles. The molecule has 0 aromatic carbocycles. The normalized spacial score (nSPS) is 34.5. The third-order valence-electron chi connectivity index (χ3n) is 2.52. The maximum Gasteiger partial charge on any atom is 0.0742 e. The van der Waals surface area contributed by atoms with Gasteiger partial charge in [-0.25, -0.2) is 0 Å². The van der Waals surface area contributed by atoms with E-state index in [0.29, 0.717) is 18.2 Å². The number of nitrogens with one attached hydrogen (secondary N) is 1. The minimum absolute atomic E-state index is 0.531. The van der Waals surface area contributed by atoms with Gasteiger partial charge >= 0.3 is 0 Å². The minimum Gasteiger partial charge on any atom is -0.377 e. The summed E-state index contributed by atoms with van der Waals surface area (Å²) < 4.78 is 5.61. The smallest absolute Gasteiger partial charge is 0.0742 e. The van der Waals surface area contributed by atoms with Crippen molar-refractivity contribution in [3.8, 4) is 0 Å². The first-order valence-corrected chi connectivity index (χ1v) is 6.24. The van der Waals surface area contributed by atoms with Crippen LogP contribution in [0.5, 0.6) is 0 Å². The Bertz CT molecular complexity index is 113. The molecule has 14 heavy (non-hydrogen) atoms. The van der Waals surface area contributed by atoms with Crippen molar-refractivity contribution in [2.75, 3.05) is 6.61 Å². The Hall–Kier alpha value is -0.0800. The van der Waals surface area contributed by atoms with E-state index in [9.17, 15) is 0 Å². The van der Waals surface area contributed by atoms with Crippen molar-refractivity contribution in [3.05, 3.63) is 0 Å². The van der Waals surface area contributed by atoms with Gasteiger partial charge in [0, 0.05) is 18.7 Å². The summed E-state index contributed by atoms with van der Waals surface area (Å²) in [6.45, 7) is 11.2. The summed E-state index contributed by atoms with van der Waals surface area (Å²) in [6, 6.07) is 1.34. The average molecular weight is 201 g/mol. The third kappa shape index (κ3) is 3.97. The molecule has 2 saturated heterocycles. The molecule has 0 aromatic heterocycles. The van der Waals surface area contributed by atoms with E-state index >= 15 is 0 Å². The van der Waals surface area contributed by atoms with Crippen molar-refractivity contribution in [2.24, 2.45) is 0 Å². The highest BCUT2D eigenvalue weighted by atomic mass is 16.5. The molecule has 2 nitrogen and oxygen atoms in total. The summed E-state index contributed by atoms with van der Waals surface area (Å²) in [4.78, 5) is 0. The molecule has 2 heterocycles. The second-order valence-electron chi connectivity index (χ2n) is 3.46. The molecule has 2 rings (SSSR count). The lowest BCUT2D eigenvalue weighted by molar-refractivity contribution is 0.0110. The Morgan fingerprint density at radius 2 is 1.79 bits per heavy atom.